The van der Waals surface area contributed by atoms with Gasteiger partial charge in [-0.2, -0.15) is 0 Å². The maximum Gasteiger partial charge on any atom is 0.261 e. The van der Waals surface area contributed by atoms with Gasteiger partial charge in [0.2, 0.25) is 0 Å². The van der Waals surface area contributed by atoms with Gasteiger partial charge in [0.05, 0.1) is 13.2 Å². The van der Waals surface area contributed by atoms with Crippen molar-refractivity contribution in [2.75, 3.05) is 7.11 Å². The Kier molecular flexibility index (Phi) is 5.59. The van der Waals surface area contributed by atoms with Crippen molar-refractivity contribution < 1.29 is 19.0 Å². The van der Waals surface area contributed by atoms with Crippen LogP contribution in [-0.2, 0) is 4.79 Å². The third kappa shape index (κ3) is 4.54. The van der Waals surface area contributed by atoms with Crippen molar-refractivity contribution in [1.82, 2.24) is 5.32 Å². The van der Waals surface area contributed by atoms with E-state index in [0.717, 1.165) is 17.1 Å². The Balaban J connectivity index is 1.78. The van der Waals surface area contributed by atoms with E-state index in [1.165, 1.54) is 0 Å². The van der Waals surface area contributed by atoms with Crippen LogP contribution in [0.3, 0.4) is 0 Å². The molecule has 0 radical (unpaired) electrons. The fourth-order valence-electron chi connectivity index (χ4n) is 3.34. The summed E-state index contributed by atoms with van der Waals surface area (Å²) in [5.74, 6) is 2.05. The zero-order valence-electron chi connectivity index (χ0n) is 16.3. The highest BCUT2D eigenvalue weighted by atomic mass is 16.5. The van der Waals surface area contributed by atoms with Gasteiger partial charge in [0, 0.05) is 18.1 Å². The minimum Gasteiger partial charge on any atom is -0.497 e. The van der Waals surface area contributed by atoms with Crippen LogP contribution in [0.25, 0.3) is 0 Å². The molecule has 1 aliphatic heterocycles. The van der Waals surface area contributed by atoms with Gasteiger partial charge in [0.1, 0.15) is 22.8 Å². The molecule has 5 nitrogen and oxygen atoms in total. The van der Waals surface area contributed by atoms with Crippen LogP contribution < -0.4 is 19.5 Å². The number of amides is 1. The first-order chi connectivity index (χ1) is 12.9. The first-order valence-electron chi connectivity index (χ1n) is 9.31. The predicted molar refractivity (Wildman–Crippen MR) is 104 cm³/mol. The average Bonchev–Trinajstić information content (AvgIpc) is 2.65. The molecule has 0 unspecified atom stereocenters. The highest BCUT2D eigenvalue weighted by Gasteiger charge is 2.36. The van der Waals surface area contributed by atoms with Crippen LogP contribution in [0.1, 0.15) is 45.2 Å². The number of para-hydroxylation sites is 1. The summed E-state index contributed by atoms with van der Waals surface area (Å²) in [6, 6.07) is 15.0. The number of hydrogen-bond acceptors (Lipinski definition) is 4. The number of methoxy groups -OCH3 is 1. The van der Waals surface area contributed by atoms with Crippen LogP contribution in [0.15, 0.2) is 48.5 Å². The van der Waals surface area contributed by atoms with Gasteiger partial charge in [-0.05, 0) is 44.5 Å². The lowest BCUT2D eigenvalue weighted by Crippen LogP contribution is -2.45. The van der Waals surface area contributed by atoms with E-state index in [9.17, 15) is 4.79 Å². The quantitative estimate of drug-likeness (QED) is 0.826. The minimum absolute atomic E-state index is 0.120. The Labute approximate surface area is 160 Å². The molecule has 2 atom stereocenters. The largest absolute Gasteiger partial charge is 0.497 e. The number of rotatable bonds is 6. The molecule has 1 heterocycles. The van der Waals surface area contributed by atoms with Crippen molar-refractivity contribution in [3.05, 3.63) is 54.1 Å². The second-order valence-electron chi connectivity index (χ2n) is 7.36. The number of hydrogen-bond donors (Lipinski definition) is 1. The van der Waals surface area contributed by atoms with Crippen LogP contribution in [0.4, 0.5) is 0 Å². The third-order valence-corrected chi connectivity index (χ3v) is 4.68. The molecule has 27 heavy (non-hydrogen) atoms. The van der Waals surface area contributed by atoms with Crippen molar-refractivity contribution in [1.29, 1.82) is 0 Å². The van der Waals surface area contributed by atoms with Crippen molar-refractivity contribution in [2.45, 2.75) is 51.4 Å². The molecule has 0 bridgehead atoms. The highest BCUT2D eigenvalue weighted by Crippen LogP contribution is 2.41. The number of benzene rings is 2. The summed E-state index contributed by atoms with van der Waals surface area (Å²) in [6.45, 7) is 5.98. The van der Waals surface area contributed by atoms with E-state index >= 15 is 0 Å². The summed E-state index contributed by atoms with van der Waals surface area (Å²) in [4.78, 5) is 12.9. The summed E-state index contributed by atoms with van der Waals surface area (Å²) in [5, 5.41) is 3.15. The molecule has 2 aromatic rings. The molecule has 0 saturated carbocycles. The molecule has 144 valence electrons. The van der Waals surface area contributed by atoms with Crippen LogP contribution in [0, 0.1) is 0 Å². The Morgan fingerprint density at radius 2 is 1.96 bits per heavy atom. The van der Waals surface area contributed by atoms with E-state index < -0.39 is 6.10 Å². The first-order valence-corrected chi connectivity index (χ1v) is 9.31. The van der Waals surface area contributed by atoms with Crippen molar-refractivity contribution in [3.63, 3.8) is 0 Å². The normalized spacial score (nSPS) is 18.6. The Morgan fingerprint density at radius 1 is 1.22 bits per heavy atom. The number of carbonyl (C=O) groups is 1. The summed E-state index contributed by atoms with van der Waals surface area (Å²) in [7, 11) is 1.63. The Bertz CT molecular complexity index is 788. The second kappa shape index (κ2) is 7.91. The second-order valence-corrected chi connectivity index (χ2v) is 7.36. The number of carbonyl (C=O) groups excluding carboxylic acids is 1. The van der Waals surface area contributed by atoms with Gasteiger partial charge in [-0.25, -0.2) is 0 Å². The van der Waals surface area contributed by atoms with E-state index in [1.54, 1.807) is 7.11 Å². The van der Waals surface area contributed by atoms with E-state index in [-0.39, 0.29) is 17.6 Å². The zero-order valence-corrected chi connectivity index (χ0v) is 16.3. The van der Waals surface area contributed by atoms with Gasteiger partial charge in [0.15, 0.2) is 6.10 Å². The van der Waals surface area contributed by atoms with E-state index in [1.807, 2.05) is 69.3 Å². The summed E-state index contributed by atoms with van der Waals surface area (Å²) >= 11 is 0. The molecule has 3 rings (SSSR count). The zero-order chi connectivity index (χ0) is 19.4. The molecule has 1 N–H and O–H groups in total. The van der Waals surface area contributed by atoms with Crippen molar-refractivity contribution >= 4 is 5.91 Å². The van der Waals surface area contributed by atoms with Crippen molar-refractivity contribution in [3.8, 4) is 17.2 Å². The Morgan fingerprint density at radius 3 is 2.63 bits per heavy atom. The van der Waals surface area contributed by atoms with Crippen LogP contribution >= 0.6 is 0 Å². The predicted octanol–water partition coefficient (Wildman–Crippen LogP) is 4.27. The molecule has 0 fully saturated rings. The SMILES string of the molecule is CC[C@H](Oc1ccccc1)C(=O)N[C@H]1CC(C)(C)Oc2cc(OC)ccc21. The minimum atomic E-state index is -0.542. The van der Waals surface area contributed by atoms with Crippen LogP contribution in [0.5, 0.6) is 17.2 Å². The fourth-order valence-corrected chi connectivity index (χ4v) is 3.34. The Hall–Kier alpha value is -2.69. The monoisotopic (exact) mass is 369 g/mol. The standard InChI is InChI=1S/C22H27NO4/c1-5-19(26-15-9-7-6-8-10-15)21(24)23-18-14-22(2,3)27-20-13-16(25-4)11-12-17(18)20/h6-13,18-19H,5,14H2,1-4H3,(H,23,24)/t18-,19-/m0/s1. The fraction of sp³-hybridized carbons (Fsp3) is 0.409. The molecule has 0 aliphatic carbocycles. The van der Waals surface area contributed by atoms with Gasteiger partial charge in [-0.1, -0.05) is 25.1 Å². The van der Waals surface area contributed by atoms with Gasteiger partial charge in [-0.15, -0.1) is 0 Å². The molecule has 1 aliphatic rings. The first kappa shape index (κ1) is 19.1. The average molecular weight is 369 g/mol. The number of nitrogens with one attached hydrogen (secondary N) is 1. The number of fused-ring (bicyclic) bond motifs is 1. The van der Waals surface area contributed by atoms with E-state index in [2.05, 4.69) is 5.32 Å². The summed E-state index contributed by atoms with van der Waals surface area (Å²) < 4.78 is 17.3. The molecule has 0 aromatic heterocycles. The van der Waals surface area contributed by atoms with E-state index in [0.29, 0.717) is 18.6 Å². The molecular formula is C22H27NO4. The smallest absolute Gasteiger partial charge is 0.261 e. The summed E-state index contributed by atoms with van der Waals surface area (Å²) in [6.07, 6.45) is 0.725. The lowest BCUT2D eigenvalue weighted by molar-refractivity contribution is -0.129. The topological polar surface area (TPSA) is 56.8 Å². The molecule has 1 amide bonds. The highest BCUT2D eigenvalue weighted by molar-refractivity contribution is 5.81. The third-order valence-electron chi connectivity index (χ3n) is 4.68. The molecule has 0 spiro atoms. The van der Waals surface area contributed by atoms with Crippen molar-refractivity contribution in [2.24, 2.45) is 0 Å². The molecule has 2 aromatic carbocycles. The van der Waals surface area contributed by atoms with Gasteiger partial charge in [0.25, 0.3) is 5.91 Å². The van der Waals surface area contributed by atoms with Gasteiger partial charge in [-0.3, -0.25) is 4.79 Å². The lowest BCUT2D eigenvalue weighted by Gasteiger charge is -2.38. The molecular weight excluding hydrogens is 342 g/mol. The van der Waals surface area contributed by atoms with Crippen LogP contribution in [-0.4, -0.2) is 24.7 Å². The van der Waals surface area contributed by atoms with Gasteiger partial charge < -0.3 is 19.5 Å². The van der Waals surface area contributed by atoms with Gasteiger partial charge >= 0.3 is 0 Å². The number of ether oxygens (including phenoxy) is 3. The summed E-state index contributed by atoms with van der Waals surface area (Å²) in [5.41, 5.74) is 0.567. The van der Waals surface area contributed by atoms with Crippen LogP contribution in [0.2, 0.25) is 0 Å². The molecule has 5 heteroatoms. The van der Waals surface area contributed by atoms with E-state index in [4.69, 9.17) is 14.2 Å². The molecule has 0 saturated heterocycles. The lowest BCUT2D eigenvalue weighted by atomic mass is 9.89. The maximum atomic E-state index is 12.9. The maximum absolute atomic E-state index is 12.9.